The molecule has 0 saturated heterocycles. The van der Waals surface area contributed by atoms with Crippen LogP contribution in [0.15, 0.2) is 0 Å². The zero-order chi connectivity index (χ0) is 18.4. The molecule has 0 bridgehead atoms. The Morgan fingerprint density at radius 1 is 1.20 bits per heavy atom. The molecule has 1 aromatic heterocycles. The highest BCUT2D eigenvalue weighted by atomic mass is 16.2. The Kier molecular flexibility index (Phi) is 7.02. The second kappa shape index (κ2) is 9.02. The second-order valence-electron chi connectivity index (χ2n) is 6.91. The summed E-state index contributed by atoms with van der Waals surface area (Å²) in [5.74, 6) is 0.192. The van der Waals surface area contributed by atoms with Crippen molar-refractivity contribution in [3.8, 4) is 0 Å². The van der Waals surface area contributed by atoms with Gasteiger partial charge in [-0.25, -0.2) is 4.98 Å². The molecule has 0 spiro atoms. The first kappa shape index (κ1) is 19.5. The van der Waals surface area contributed by atoms with Crippen molar-refractivity contribution in [1.29, 1.82) is 0 Å². The number of rotatable bonds is 8. The van der Waals surface area contributed by atoms with Gasteiger partial charge in [0.05, 0.1) is 5.69 Å². The molecule has 1 atom stereocenters. The van der Waals surface area contributed by atoms with Crippen molar-refractivity contribution >= 4 is 11.8 Å². The summed E-state index contributed by atoms with van der Waals surface area (Å²) in [4.78, 5) is 32.0. The predicted octanol–water partition coefficient (Wildman–Crippen LogP) is 3.01. The topological polar surface area (TPSA) is 67.2 Å². The number of carbonyl (C=O) groups is 2. The summed E-state index contributed by atoms with van der Waals surface area (Å²) in [5.41, 5.74) is 1.42. The first-order valence-corrected chi connectivity index (χ1v) is 9.72. The number of aromatic nitrogens is 2. The Hall–Kier alpha value is -1.85. The normalized spacial score (nSPS) is 14.7. The molecule has 1 aliphatic rings. The Labute approximate surface area is 151 Å². The molecule has 0 radical (unpaired) electrons. The van der Waals surface area contributed by atoms with Gasteiger partial charge >= 0.3 is 0 Å². The molecule has 1 N–H and O–H groups in total. The molecule has 140 valence electrons. The molecule has 1 aromatic rings. The SMILES string of the molecule is CCCN(CCC)C(=O)c1nc(C(=O)NC(C)CC)n2c1CCCC2. The highest BCUT2D eigenvalue weighted by Crippen LogP contribution is 2.22. The van der Waals surface area contributed by atoms with Crippen molar-refractivity contribution in [2.24, 2.45) is 0 Å². The van der Waals surface area contributed by atoms with E-state index in [9.17, 15) is 9.59 Å². The summed E-state index contributed by atoms with van der Waals surface area (Å²) in [6.07, 6.45) is 5.59. The molecule has 2 amide bonds. The van der Waals surface area contributed by atoms with Crippen LogP contribution < -0.4 is 5.32 Å². The van der Waals surface area contributed by atoms with E-state index in [1.807, 2.05) is 23.3 Å². The van der Waals surface area contributed by atoms with Crippen molar-refractivity contribution in [3.63, 3.8) is 0 Å². The predicted molar refractivity (Wildman–Crippen MR) is 98.9 cm³/mol. The average Bonchev–Trinajstić information content (AvgIpc) is 3.00. The van der Waals surface area contributed by atoms with Crippen LogP contribution in [0.2, 0.25) is 0 Å². The van der Waals surface area contributed by atoms with Gasteiger partial charge in [-0.15, -0.1) is 0 Å². The third-order valence-corrected chi connectivity index (χ3v) is 4.79. The van der Waals surface area contributed by atoms with E-state index in [0.29, 0.717) is 11.5 Å². The van der Waals surface area contributed by atoms with Crippen LogP contribution in [0.4, 0.5) is 0 Å². The zero-order valence-corrected chi connectivity index (χ0v) is 16.1. The van der Waals surface area contributed by atoms with Crippen molar-refractivity contribution < 1.29 is 9.59 Å². The van der Waals surface area contributed by atoms with E-state index in [2.05, 4.69) is 24.1 Å². The molecular weight excluding hydrogens is 316 g/mol. The lowest BCUT2D eigenvalue weighted by atomic mass is 10.1. The number of amides is 2. The fourth-order valence-electron chi connectivity index (χ4n) is 3.28. The van der Waals surface area contributed by atoms with Crippen LogP contribution >= 0.6 is 0 Å². The third-order valence-electron chi connectivity index (χ3n) is 4.79. The fraction of sp³-hybridized carbons (Fsp3) is 0.737. The quantitative estimate of drug-likeness (QED) is 0.785. The Morgan fingerprint density at radius 2 is 1.88 bits per heavy atom. The van der Waals surface area contributed by atoms with Crippen molar-refractivity contribution in [1.82, 2.24) is 19.8 Å². The Bertz CT molecular complexity index is 603. The van der Waals surface area contributed by atoms with Gasteiger partial charge in [0.15, 0.2) is 5.82 Å². The number of fused-ring (bicyclic) bond motifs is 1. The maximum absolute atomic E-state index is 13.0. The van der Waals surface area contributed by atoms with Gasteiger partial charge < -0.3 is 14.8 Å². The van der Waals surface area contributed by atoms with E-state index in [0.717, 1.165) is 63.9 Å². The van der Waals surface area contributed by atoms with Gasteiger partial charge in [-0.1, -0.05) is 20.8 Å². The number of hydrogen-bond acceptors (Lipinski definition) is 3. The van der Waals surface area contributed by atoms with E-state index in [4.69, 9.17) is 0 Å². The van der Waals surface area contributed by atoms with E-state index >= 15 is 0 Å². The van der Waals surface area contributed by atoms with Crippen LogP contribution in [0.25, 0.3) is 0 Å². The van der Waals surface area contributed by atoms with Crippen molar-refractivity contribution in [3.05, 3.63) is 17.2 Å². The van der Waals surface area contributed by atoms with Gasteiger partial charge in [0.25, 0.3) is 11.8 Å². The van der Waals surface area contributed by atoms with Gasteiger partial charge in [0.1, 0.15) is 5.69 Å². The first-order valence-electron chi connectivity index (χ1n) is 9.72. The lowest BCUT2D eigenvalue weighted by molar-refractivity contribution is 0.0748. The summed E-state index contributed by atoms with van der Waals surface area (Å²) < 4.78 is 1.96. The number of nitrogens with zero attached hydrogens (tertiary/aromatic N) is 3. The van der Waals surface area contributed by atoms with Gasteiger partial charge in [-0.05, 0) is 45.4 Å². The maximum Gasteiger partial charge on any atom is 0.287 e. The molecule has 2 heterocycles. The fourth-order valence-corrected chi connectivity index (χ4v) is 3.28. The standard InChI is InChI=1S/C19H32N4O2/c1-5-11-22(12-6-2)19(25)16-15-10-8-9-13-23(15)17(21-16)18(24)20-14(4)7-3/h14H,5-13H2,1-4H3,(H,20,24). The van der Waals surface area contributed by atoms with Gasteiger partial charge in [-0.2, -0.15) is 0 Å². The van der Waals surface area contributed by atoms with Gasteiger partial charge in [-0.3, -0.25) is 9.59 Å². The highest BCUT2D eigenvalue weighted by Gasteiger charge is 2.29. The molecule has 6 heteroatoms. The first-order chi connectivity index (χ1) is 12.0. The number of imidazole rings is 1. The summed E-state index contributed by atoms with van der Waals surface area (Å²) in [5, 5.41) is 2.98. The largest absolute Gasteiger partial charge is 0.347 e. The molecular formula is C19H32N4O2. The Morgan fingerprint density at radius 3 is 2.48 bits per heavy atom. The van der Waals surface area contributed by atoms with E-state index in [1.165, 1.54) is 0 Å². The van der Waals surface area contributed by atoms with E-state index < -0.39 is 0 Å². The van der Waals surface area contributed by atoms with Crippen LogP contribution in [-0.4, -0.2) is 45.4 Å². The molecule has 25 heavy (non-hydrogen) atoms. The number of hydrogen-bond donors (Lipinski definition) is 1. The summed E-state index contributed by atoms with van der Waals surface area (Å²) >= 11 is 0. The monoisotopic (exact) mass is 348 g/mol. The molecule has 6 nitrogen and oxygen atoms in total. The average molecular weight is 348 g/mol. The van der Waals surface area contributed by atoms with Crippen LogP contribution in [-0.2, 0) is 13.0 Å². The van der Waals surface area contributed by atoms with E-state index in [-0.39, 0.29) is 17.9 Å². The van der Waals surface area contributed by atoms with Gasteiger partial charge in [0.2, 0.25) is 0 Å². The van der Waals surface area contributed by atoms with Crippen molar-refractivity contribution in [2.75, 3.05) is 13.1 Å². The third kappa shape index (κ3) is 4.41. The second-order valence-corrected chi connectivity index (χ2v) is 6.91. The molecule has 0 saturated carbocycles. The number of nitrogens with one attached hydrogen (secondary N) is 1. The lowest BCUT2D eigenvalue weighted by Gasteiger charge is -2.22. The van der Waals surface area contributed by atoms with Crippen LogP contribution in [0, 0.1) is 0 Å². The van der Waals surface area contributed by atoms with E-state index in [1.54, 1.807) is 0 Å². The lowest BCUT2D eigenvalue weighted by Crippen LogP contribution is -2.34. The molecule has 2 rings (SSSR count). The zero-order valence-electron chi connectivity index (χ0n) is 16.1. The smallest absolute Gasteiger partial charge is 0.287 e. The minimum absolute atomic E-state index is 0.0306. The van der Waals surface area contributed by atoms with Crippen LogP contribution in [0.5, 0.6) is 0 Å². The maximum atomic E-state index is 13.0. The Balaban J connectivity index is 2.35. The molecule has 0 aromatic carbocycles. The number of carbonyl (C=O) groups excluding carboxylic acids is 2. The summed E-state index contributed by atoms with van der Waals surface area (Å²) in [6.45, 7) is 10.4. The van der Waals surface area contributed by atoms with Crippen molar-refractivity contribution in [2.45, 2.75) is 78.8 Å². The molecule has 0 aliphatic carbocycles. The van der Waals surface area contributed by atoms with Crippen LogP contribution in [0.1, 0.15) is 86.6 Å². The minimum atomic E-state index is -0.172. The summed E-state index contributed by atoms with van der Waals surface area (Å²) in [7, 11) is 0. The van der Waals surface area contributed by atoms with Crippen LogP contribution in [0.3, 0.4) is 0 Å². The molecule has 0 fully saturated rings. The summed E-state index contributed by atoms with van der Waals surface area (Å²) in [6, 6.07) is 0.0971. The van der Waals surface area contributed by atoms with Gasteiger partial charge in [0, 0.05) is 25.7 Å². The minimum Gasteiger partial charge on any atom is -0.347 e. The molecule has 1 aliphatic heterocycles. The molecule has 1 unspecified atom stereocenters. The highest BCUT2D eigenvalue weighted by molar-refractivity contribution is 5.97.